The van der Waals surface area contributed by atoms with Crippen molar-refractivity contribution in [1.82, 2.24) is 0 Å². The van der Waals surface area contributed by atoms with E-state index in [4.69, 9.17) is 8.22 Å². The topological polar surface area (TPSA) is 0 Å². The summed E-state index contributed by atoms with van der Waals surface area (Å²) in [5, 5.41) is 0. The minimum atomic E-state index is -2.41. The first-order valence-corrected chi connectivity index (χ1v) is 1.58. The van der Waals surface area contributed by atoms with Gasteiger partial charge in [-0.1, -0.05) is 13.7 Å². The predicted octanol–water partition coefficient (Wildman–Crippen LogP) is 1.27. The molecule has 0 N–H and O–H groups in total. The summed E-state index contributed by atoms with van der Waals surface area (Å²) in [6, 6.07) is 0. The van der Waals surface area contributed by atoms with Crippen molar-refractivity contribution in [2.24, 2.45) is 0 Å². The van der Waals surface area contributed by atoms with Crippen LogP contribution in [0.25, 0.3) is 0 Å². The van der Waals surface area contributed by atoms with Gasteiger partial charge in [0.05, 0.1) is 0 Å². The Morgan fingerprint density at radius 2 is 2.50 bits per heavy atom. The van der Waals surface area contributed by atoms with Gasteiger partial charge < -0.3 is 0 Å². The monoisotopic (exact) mass is 82.1 g/mol. The maximum absolute atomic E-state index is 6.75. The second-order valence-corrected chi connectivity index (χ2v) is 1.14. The molecule has 0 spiro atoms. The third-order valence-electron chi connectivity index (χ3n) is 0. The zero-order valence-corrected chi connectivity index (χ0v) is 3.31. The van der Waals surface area contributed by atoms with Gasteiger partial charge in [0.25, 0.3) is 0 Å². The van der Waals surface area contributed by atoms with E-state index in [1.165, 1.54) is 0 Å². The molecule has 0 aliphatic heterocycles. The van der Waals surface area contributed by atoms with E-state index >= 15 is 0 Å². The van der Waals surface area contributed by atoms with Gasteiger partial charge in [0, 0.05) is 8.22 Å². The smallest absolute Gasteiger partial charge is 0.0236 e. The first-order chi connectivity index (χ1) is 4.15. The van der Waals surface area contributed by atoms with Crippen molar-refractivity contribution in [3.8, 4) is 0 Å². The SMILES string of the molecule is [2H]C([2H])([2H])C(P)C([2H])([2H])[2H]. The molecule has 0 saturated carbocycles. The van der Waals surface area contributed by atoms with Crippen LogP contribution in [0.1, 0.15) is 21.9 Å². The van der Waals surface area contributed by atoms with Crippen LogP contribution in [0, 0.1) is 0 Å². The van der Waals surface area contributed by atoms with Crippen molar-refractivity contribution in [3.05, 3.63) is 0 Å². The lowest BCUT2D eigenvalue weighted by Crippen LogP contribution is -1.69. The summed E-state index contributed by atoms with van der Waals surface area (Å²) in [7, 11) is 1.82. The Balaban J connectivity index is 4.23. The molecular weight excluding hydrogens is 67.0 g/mol. The lowest BCUT2D eigenvalue weighted by atomic mass is 10.6. The second kappa shape index (κ2) is 1.72. The van der Waals surface area contributed by atoms with Gasteiger partial charge >= 0.3 is 0 Å². The van der Waals surface area contributed by atoms with Crippen LogP contribution in [0.2, 0.25) is 0 Å². The fourth-order valence-electron chi connectivity index (χ4n) is 0. The van der Waals surface area contributed by atoms with Crippen LogP contribution in [-0.2, 0) is 0 Å². The fraction of sp³-hybridized carbons (Fsp3) is 1.00. The molecule has 0 aliphatic rings. The molecule has 0 aliphatic carbocycles. The van der Waals surface area contributed by atoms with Crippen LogP contribution in [0.3, 0.4) is 0 Å². The summed E-state index contributed by atoms with van der Waals surface area (Å²) in [6.45, 7) is -4.81. The Hall–Kier alpha value is 0.430. The molecule has 0 rings (SSSR count). The summed E-state index contributed by atoms with van der Waals surface area (Å²) in [4.78, 5) is 0. The molecule has 1 atom stereocenters. The van der Waals surface area contributed by atoms with Crippen LogP contribution in [0.4, 0.5) is 0 Å². The molecule has 0 radical (unpaired) electrons. The molecule has 26 valence electrons. The van der Waals surface area contributed by atoms with Crippen LogP contribution < -0.4 is 0 Å². The number of hydrogen-bond acceptors (Lipinski definition) is 0. The summed E-state index contributed by atoms with van der Waals surface area (Å²) < 4.78 is 40.5. The first-order valence-electron chi connectivity index (χ1n) is 3.91. The maximum atomic E-state index is 6.75. The third kappa shape index (κ3) is 26.9. The molecule has 0 nitrogen and oxygen atoms in total. The minimum absolute atomic E-state index is 1.32. The van der Waals surface area contributed by atoms with Crippen LogP contribution in [-0.4, -0.2) is 5.66 Å². The molecule has 0 bridgehead atoms. The van der Waals surface area contributed by atoms with Gasteiger partial charge in [0.2, 0.25) is 0 Å². The molecule has 0 aromatic carbocycles. The van der Waals surface area contributed by atoms with Crippen molar-refractivity contribution in [2.75, 3.05) is 0 Å². The zero-order chi connectivity index (χ0) is 8.58. The Kier molecular flexibility index (Phi) is 0.252. The van der Waals surface area contributed by atoms with Crippen molar-refractivity contribution >= 4 is 9.24 Å². The molecule has 1 unspecified atom stereocenters. The van der Waals surface area contributed by atoms with Crippen LogP contribution >= 0.6 is 9.24 Å². The van der Waals surface area contributed by atoms with Crippen molar-refractivity contribution < 1.29 is 8.22 Å². The maximum Gasteiger partial charge on any atom is 0.0236 e. The van der Waals surface area contributed by atoms with Gasteiger partial charge in [0.15, 0.2) is 0 Å². The lowest BCUT2D eigenvalue weighted by molar-refractivity contribution is 1.12. The Morgan fingerprint density at radius 1 is 2.00 bits per heavy atom. The summed E-state index contributed by atoms with van der Waals surface area (Å²) in [5.74, 6) is 0. The zero-order valence-electron chi connectivity index (χ0n) is 8.15. The quantitative estimate of drug-likeness (QED) is 0.386. The van der Waals surface area contributed by atoms with E-state index in [1.54, 1.807) is 0 Å². The van der Waals surface area contributed by atoms with E-state index in [9.17, 15) is 0 Å². The van der Waals surface area contributed by atoms with Gasteiger partial charge in [0.1, 0.15) is 0 Å². The van der Waals surface area contributed by atoms with E-state index in [-0.39, 0.29) is 0 Å². The molecule has 4 heavy (non-hydrogen) atoms. The summed E-state index contributed by atoms with van der Waals surface area (Å²) in [5.41, 5.74) is -1.32. The average molecular weight is 82.1 g/mol. The summed E-state index contributed by atoms with van der Waals surface area (Å²) >= 11 is 0. The van der Waals surface area contributed by atoms with E-state index in [0.29, 0.717) is 0 Å². The van der Waals surface area contributed by atoms with E-state index in [2.05, 4.69) is 0 Å². The molecule has 0 saturated heterocycles. The second-order valence-electron chi connectivity index (χ2n) is 0.478. The largest absolute Gasteiger partial charge is 0.135 e. The predicted molar refractivity (Wildman–Crippen MR) is 24.8 cm³/mol. The van der Waals surface area contributed by atoms with Crippen LogP contribution in [0.5, 0.6) is 0 Å². The van der Waals surface area contributed by atoms with Gasteiger partial charge in [-0.3, -0.25) is 0 Å². The lowest BCUT2D eigenvalue weighted by Gasteiger charge is -1.79. The van der Waals surface area contributed by atoms with Gasteiger partial charge in [-0.15, -0.1) is 9.24 Å². The van der Waals surface area contributed by atoms with E-state index in [0.717, 1.165) is 0 Å². The highest BCUT2D eigenvalue weighted by molar-refractivity contribution is 7.17. The highest BCUT2D eigenvalue weighted by Crippen LogP contribution is 1.90. The number of rotatable bonds is 0. The highest BCUT2D eigenvalue weighted by Gasteiger charge is 1.68. The molecule has 0 heterocycles. The average Bonchev–Trinajstić information content (AvgIpc) is 1.59. The molecule has 1 heteroatoms. The molecule has 0 fully saturated rings. The van der Waals surface area contributed by atoms with E-state index in [1.807, 2.05) is 9.24 Å². The van der Waals surface area contributed by atoms with Crippen molar-refractivity contribution in [2.45, 2.75) is 19.4 Å². The van der Waals surface area contributed by atoms with Gasteiger partial charge in [-0.25, -0.2) is 0 Å². The Morgan fingerprint density at radius 3 is 2.50 bits per heavy atom. The molecule has 0 amide bonds. The third-order valence-corrected chi connectivity index (χ3v) is 0. The standard InChI is InChI=1S/C3H9P/c1-3(2)4/h3H,4H2,1-2H3/i1D3,2D3. The van der Waals surface area contributed by atoms with Crippen LogP contribution in [0.15, 0.2) is 0 Å². The number of hydrogen-bond donors (Lipinski definition) is 0. The highest BCUT2D eigenvalue weighted by atomic mass is 31.0. The summed E-state index contributed by atoms with van der Waals surface area (Å²) in [6.07, 6.45) is 0. The van der Waals surface area contributed by atoms with E-state index < -0.39 is 19.4 Å². The first kappa shape index (κ1) is 0.586. The van der Waals surface area contributed by atoms with Gasteiger partial charge in [-0.2, -0.15) is 0 Å². The minimum Gasteiger partial charge on any atom is -0.135 e. The van der Waals surface area contributed by atoms with Gasteiger partial charge in [-0.05, 0) is 5.66 Å². The molecular formula is C3H9P. The Bertz CT molecular complexity index is 97.1. The van der Waals surface area contributed by atoms with Crippen molar-refractivity contribution in [1.29, 1.82) is 0 Å². The van der Waals surface area contributed by atoms with Crippen molar-refractivity contribution in [3.63, 3.8) is 0 Å². The normalized spacial score (nSPS) is 37.5. The molecule has 0 aromatic heterocycles. The molecule has 0 aromatic rings. The fourth-order valence-corrected chi connectivity index (χ4v) is 0. The Labute approximate surface area is 38.2 Å².